The molecular weight excluding hydrogens is 284 g/mol. The van der Waals surface area contributed by atoms with E-state index < -0.39 is 11.7 Å². The number of hydrogen-bond donors (Lipinski definition) is 0. The maximum absolute atomic E-state index is 12.5. The standard InChI is InChI=1S/C16H20N2O2S/c1-3-4-9-18(11-13-7-10-21-12-13)16(20)15(19)14-6-5-8-17(14)2/h5-8,10,12H,3-4,9,11H2,1-2H3. The molecule has 0 radical (unpaired) electrons. The molecule has 2 aromatic heterocycles. The first-order valence-corrected chi connectivity index (χ1v) is 8.03. The highest BCUT2D eigenvalue weighted by Crippen LogP contribution is 2.12. The van der Waals surface area contributed by atoms with Crippen molar-refractivity contribution in [3.8, 4) is 0 Å². The van der Waals surface area contributed by atoms with Crippen LogP contribution in [0.25, 0.3) is 0 Å². The summed E-state index contributed by atoms with van der Waals surface area (Å²) in [6.07, 6.45) is 3.66. The topological polar surface area (TPSA) is 42.3 Å². The largest absolute Gasteiger partial charge is 0.348 e. The van der Waals surface area contributed by atoms with E-state index in [1.807, 2.05) is 16.8 Å². The average molecular weight is 304 g/mol. The minimum absolute atomic E-state index is 0.420. The molecule has 0 unspecified atom stereocenters. The molecule has 0 bridgehead atoms. The van der Waals surface area contributed by atoms with Crippen molar-refractivity contribution in [3.05, 3.63) is 46.4 Å². The fourth-order valence-corrected chi connectivity index (χ4v) is 2.81. The van der Waals surface area contributed by atoms with Crippen molar-refractivity contribution in [1.82, 2.24) is 9.47 Å². The van der Waals surface area contributed by atoms with E-state index in [0.717, 1.165) is 18.4 Å². The van der Waals surface area contributed by atoms with Crippen LogP contribution in [0.5, 0.6) is 0 Å². The van der Waals surface area contributed by atoms with Gasteiger partial charge < -0.3 is 9.47 Å². The molecule has 0 aromatic carbocycles. The van der Waals surface area contributed by atoms with E-state index in [1.54, 1.807) is 46.2 Å². The zero-order valence-electron chi connectivity index (χ0n) is 12.4. The summed E-state index contributed by atoms with van der Waals surface area (Å²) in [6.45, 7) is 3.19. The normalized spacial score (nSPS) is 10.6. The second-order valence-electron chi connectivity index (χ2n) is 5.05. The van der Waals surface area contributed by atoms with Gasteiger partial charge in [-0.25, -0.2) is 0 Å². The number of thiophene rings is 1. The van der Waals surface area contributed by atoms with Gasteiger partial charge in [0.1, 0.15) is 0 Å². The van der Waals surface area contributed by atoms with Crippen LogP contribution < -0.4 is 0 Å². The molecule has 0 N–H and O–H groups in total. The van der Waals surface area contributed by atoms with Crippen LogP contribution in [0.4, 0.5) is 0 Å². The molecule has 2 heterocycles. The van der Waals surface area contributed by atoms with Gasteiger partial charge in [0.05, 0.1) is 5.69 Å². The number of carbonyl (C=O) groups is 2. The summed E-state index contributed by atoms with van der Waals surface area (Å²) < 4.78 is 1.68. The van der Waals surface area contributed by atoms with Gasteiger partial charge in [0, 0.05) is 26.3 Å². The third-order valence-electron chi connectivity index (χ3n) is 3.39. The summed E-state index contributed by atoms with van der Waals surface area (Å²) in [4.78, 5) is 26.5. The highest BCUT2D eigenvalue weighted by Gasteiger charge is 2.24. The van der Waals surface area contributed by atoms with Crippen LogP contribution in [0.15, 0.2) is 35.2 Å². The number of unbranched alkanes of at least 4 members (excludes halogenated alkanes) is 1. The van der Waals surface area contributed by atoms with Crippen molar-refractivity contribution in [2.24, 2.45) is 7.05 Å². The monoisotopic (exact) mass is 304 g/mol. The SMILES string of the molecule is CCCCN(Cc1ccsc1)C(=O)C(=O)c1cccn1C. The summed E-state index contributed by atoms with van der Waals surface area (Å²) in [5.74, 6) is -0.856. The average Bonchev–Trinajstić information content (AvgIpc) is 3.13. The first-order valence-electron chi connectivity index (χ1n) is 7.09. The van der Waals surface area contributed by atoms with Crippen LogP contribution in [0.2, 0.25) is 0 Å². The molecule has 2 rings (SSSR count). The highest BCUT2D eigenvalue weighted by atomic mass is 32.1. The molecule has 0 saturated heterocycles. The maximum atomic E-state index is 12.5. The van der Waals surface area contributed by atoms with E-state index in [1.165, 1.54) is 0 Å². The lowest BCUT2D eigenvalue weighted by molar-refractivity contribution is -0.127. The summed E-state index contributed by atoms with van der Waals surface area (Å²) in [6, 6.07) is 5.45. The number of hydrogen-bond acceptors (Lipinski definition) is 3. The molecule has 0 spiro atoms. The minimum Gasteiger partial charge on any atom is -0.348 e. The van der Waals surface area contributed by atoms with Gasteiger partial charge in [-0.3, -0.25) is 9.59 Å². The number of nitrogens with zero attached hydrogens (tertiary/aromatic N) is 2. The van der Waals surface area contributed by atoms with E-state index in [-0.39, 0.29) is 0 Å². The quantitative estimate of drug-likeness (QED) is 0.582. The van der Waals surface area contributed by atoms with E-state index in [0.29, 0.717) is 18.8 Å². The predicted octanol–water partition coefficient (Wildman–Crippen LogP) is 3.10. The van der Waals surface area contributed by atoms with Crippen LogP contribution in [-0.4, -0.2) is 27.7 Å². The zero-order valence-corrected chi connectivity index (χ0v) is 13.2. The smallest absolute Gasteiger partial charge is 0.296 e. The molecule has 0 fully saturated rings. The van der Waals surface area contributed by atoms with E-state index in [9.17, 15) is 9.59 Å². The van der Waals surface area contributed by atoms with Crippen LogP contribution in [0.3, 0.4) is 0 Å². The van der Waals surface area contributed by atoms with E-state index in [4.69, 9.17) is 0 Å². The Balaban J connectivity index is 2.13. The summed E-state index contributed by atoms with van der Waals surface area (Å²) in [7, 11) is 1.77. The third-order valence-corrected chi connectivity index (χ3v) is 4.13. The Morgan fingerprint density at radius 2 is 2.14 bits per heavy atom. The Hall–Kier alpha value is -1.88. The zero-order chi connectivity index (χ0) is 15.2. The molecule has 4 nitrogen and oxygen atoms in total. The van der Waals surface area contributed by atoms with Gasteiger partial charge in [-0.2, -0.15) is 11.3 Å². The third kappa shape index (κ3) is 3.82. The van der Waals surface area contributed by atoms with Gasteiger partial charge in [0.2, 0.25) is 0 Å². The second-order valence-corrected chi connectivity index (χ2v) is 5.83. The van der Waals surface area contributed by atoms with E-state index in [2.05, 4.69) is 6.92 Å². The Bertz CT molecular complexity index is 602. The van der Waals surface area contributed by atoms with Crippen molar-refractivity contribution in [2.75, 3.05) is 6.54 Å². The van der Waals surface area contributed by atoms with Gasteiger partial charge in [-0.05, 0) is 40.9 Å². The maximum Gasteiger partial charge on any atom is 0.296 e. The van der Waals surface area contributed by atoms with Crippen molar-refractivity contribution in [1.29, 1.82) is 0 Å². The van der Waals surface area contributed by atoms with Gasteiger partial charge in [0.25, 0.3) is 11.7 Å². The number of aromatic nitrogens is 1. The summed E-state index contributed by atoms with van der Waals surface area (Å²) in [5.41, 5.74) is 1.51. The first-order chi connectivity index (χ1) is 10.1. The van der Waals surface area contributed by atoms with Gasteiger partial charge in [-0.15, -0.1) is 0 Å². The van der Waals surface area contributed by atoms with Crippen molar-refractivity contribution < 1.29 is 9.59 Å². The van der Waals surface area contributed by atoms with Crippen LogP contribution in [0.1, 0.15) is 35.8 Å². The molecular formula is C16H20N2O2S. The molecule has 21 heavy (non-hydrogen) atoms. The Kier molecular flexibility index (Phi) is 5.33. The lowest BCUT2D eigenvalue weighted by Gasteiger charge is -2.21. The Labute approximate surface area is 129 Å². The molecule has 5 heteroatoms. The fraction of sp³-hybridized carbons (Fsp3) is 0.375. The van der Waals surface area contributed by atoms with Crippen molar-refractivity contribution in [3.63, 3.8) is 0 Å². The number of amides is 1. The minimum atomic E-state index is -0.436. The molecule has 112 valence electrons. The number of Topliss-reactive ketones (excluding diaryl/α,β-unsaturated/α-hetero) is 1. The second kappa shape index (κ2) is 7.22. The molecule has 1 amide bonds. The number of carbonyl (C=O) groups excluding carboxylic acids is 2. The van der Waals surface area contributed by atoms with Crippen molar-refractivity contribution in [2.45, 2.75) is 26.3 Å². The van der Waals surface area contributed by atoms with Crippen molar-refractivity contribution >= 4 is 23.0 Å². The number of rotatable bonds is 7. The van der Waals surface area contributed by atoms with Crippen LogP contribution >= 0.6 is 11.3 Å². The number of ketones is 1. The van der Waals surface area contributed by atoms with Gasteiger partial charge in [0.15, 0.2) is 0 Å². The summed E-state index contributed by atoms with van der Waals surface area (Å²) in [5, 5.41) is 4.00. The first kappa shape index (κ1) is 15.5. The van der Waals surface area contributed by atoms with Gasteiger partial charge >= 0.3 is 0 Å². The van der Waals surface area contributed by atoms with Crippen LogP contribution in [0, 0.1) is 0 Å². The molecule has 0 aliphatic rings. The lowest BCUT2D eigenvalue weighted by Crippen LogP contribution is -2.37. The number of aryl methyl sites for hydroxylation is 1. The van der Waals surface area contributed by atoms with E-state index >= 15 is 0 Å². The lowest BCUT2D eigenvalue weighted by atomic mass is 10.2. The molecule has 0 aliphatic carbocycles. The highest BCUT2D eigenvalue weighted by molar-refractivity contribution is 7.07. The fourth-order valence-electron chi connectivity index (χ4n) is 2.15. The van der Waals surface area contributed by atoms with Gasteiger partial charge in [-0.1, -0.05) is 13.3 Å². The summed E-state index contributed by atoms with van der Waals surface area (Å²) >= 11 is 1.60. The predicted molar refractivity (Wildman–Crippen MR) is 84.4 cm³/mol. The van der Waals surface area contributed by atoms with Crippen LogP contribution in [-0.2, 0) is 18.4 Å². The molecule has 0 aliphatic heterocycles. The Morgan fingerprint density at radius 1 is 1.33 bits per heavy atom. The Morgan fingerprint density at radius 3 is 2.71 bits per heavy atom. The molecule has 0 saturated carbocycles. The molecule has 2 aromatic rings. The molecule has 0 atom stereocenters.